The van der Waals surface area contributed by atoms with Crippen LogP contribution in [-0.4, -0.2) is 70.9 Å². The van der Waals surface area contributed by atoms with E-state index in [1.165, 1.54) is 21.8 Å². The number of carbonyl (C=O) groups is 1. The Balaban J connectivity index is 1.35. The molecule has 2 aliphatic heterocycles. The molecule has 0 fully saturated rings. The van der Waals surface area contributed by atoms with Crippen LogP contribution in [-0.2, 0) is 23.0 Å². The molecule has 0 bridgehead atoms. The molecular formula is C21H20FN9O2. The van der Waals surface area contributed by atoms with Gasteiger partial charge in [0.15, 0.2) is 0 Å². The predicted molar refractivity (Wildman–Crippen MR) is 113 cm³/mol. The van der Waals surface area contributed by atoms with Crippen molar-refractivity contribution in [1.82, 2.24) is 39.3 Å². The molecule has 11 nitrogen and oxygen atoms in total. The highest BCUT2D eigenvalue weighted by atomic mass is 19.1. The molecule has 4 aromatic heterocycles. The second-order valence-electron chi connectivity index (χ2n) is 8.06. The van der Waals surface area contributed by atoms with Crippen LogP contribution in [0.4, 0.5) is 4.39 Å². The van der Waals surface area contributed by atoms with Gasteiger partial charge in [-0.1, -0.05) is 0 Å². The molecule has 0 aromatic carbocycles. The van der Waals surface area contributed by atoms with Crippen molar-refractivity contribution in [2.45, 2.75) is 18.7 Å². The van der Waals surface area contributed by atoms with E-state index in [2.05, 4.69) is 25.3 Å². The number of imidazole rings is 1. The summed E-state index contributed by atoms with van der Waals surface area (Å²) >= 11 is 0. The van der Waals surface area contributed by atoms with Crippen LogP contribution in [0, 0.1) is 5.82 Å². The standard InChI is InChI=1S/C21H20FN9O2/c1-28-7-5-15(25-28)19-27-29(2)21(33-19)20(32)30-8-6-14-17(24-11-23-14)18(30)16-9-13-4-3-12(22)10-31(13)26-16/h3-5,7,9-11,18,21H,6,8H2,1-2H3,(H,23,24)/t18-,21?/m1/s1. The Hall–Kier alpha value is -4.22. The number of hydrogen-bond donors (Lipinski definition) is 1. The minimum absolute atomic E-state index is 0.269. The van der Waals surface area contributed by atoms with Crippen molar-refractivity contribution in [2.24, 2.45) is 12.1 Å². The van der Waals surface area contributed by atoms with Crippen LogP contribution in [0.3, 0.4) is 0 Å². The van der Waals surface area contributed by atoms with Crippen LogP contribution in [0.15, 0.2) is 48.1 Å². The van der Waals surface area contributed by atoms with Gasteiger partial charge >= 0.3 is 0 Å². The lowest BCUT2D eigenvalue weighted by atomic mass is 9.99. The van der Waals surface area contributed by atoms with E-state index in [1.807, 2.05) is 6.07 Å². The Morgan fingerprint density at radius 2 is 2.12 bits per heavy atom. The summed E-state index contributed by atoms with van der Waals surface area (Å²) in [5.41, 5.74) is 3.51. The number of ether oxygens (including phenoxy) is 1. The summed E-state index contributed by atoms with van der Waals surface area (Å²) in [4.78, 5) is 23.0. The number of nitrogens with zero attached hydrogens (tertiary/aromatic N) is 8. The van der Waals surface area contributed by atoms with Crippen LogP contribution in [0.5, 0.6) is 0 Å². The van der Waals surface area contributed by atoms with Gasteiger partial charge in [0, 0.05) is 39.0 Å². The molecule has 2 aliphatic rings. The number of halogens is 1. The first-order valence-corrected chi connectivity index (χ1v) is 10.4. The van der Waals surface area contributed by atoms with Gasteiger partial charge in [0.05, 0.1) is 29.4 Å². The molecule has 0 aliphatic carbocycles. The van der Waals surface area contributed by atoms with E-state index in [0.29, 0.717) is 30.0 Å². The number of aryl methyl sites for hydroxylation is 1. The van der Waals surface area contributed by atoms with Crippen LogP contribution in [0.2, 0.25) is 0 Å². The zero-order valence-electron chi connectivity index (χ0n) is 17.9. The molecule has 2 atom stereocenters. The molecule has 0 saturated heterocycles. The van der Waals surface area contributed by atoms with Crippen LogP contribution < -0.4 is 0 Å². The third-order valence-corrected chi connectivity index (χ3v) is 5.89. The van der Waals surface area contributed by atoms with Crippen LogP contribution >= 0.6 is 0 Å². The molecule has 0 radical (unpaired) electrons. The zero-order valence-corrected chi connectivity index (χ0v) is 17.9. The van der Waals surface area contributed by atoms with Crippen LogP contribution in [0.25, 0.3) is 5.52 Å². The second kappa shape index (κ2) is 7.15. The lowest BCUT2D eigenvalue weighted by molar-refractivity contribution is -0.147. The van der Waals surface area contributed by atoms with Gasteiger partial charge < -0.3 is 14.6 Å². The number of carbonyl (C=O) groups excluding carboxylic acids is 1. The number of rotatable bonds is 3. The highest BCUT2D eigenvalue weighted by molar-refractivity contribution is 5.96. The fraction of sp³-hybridized carbons (Fsp3) is 0.286. The Bertz CT molecular complexity index is 1400. The number of fused-ring (bicyclic) bond motifs is 2. The summed E-state index contributed by atoms with van der Waals surface area (Å²) in [6.45, 7) is 0.438. The molecule has 6 rings (SSSR count). The fourth-order valence-electron chi connectivity index (χ4n) is 4.32. The highest BCUT2D eigenvalue weighted by Gasteiger charge is 2.43. The monoisotopic (exact) mass is 449 g/mol. The average molecular weight is 449 g/mol. The number of H-pyrrole nitrogens is 1. The Morgan fingerprint density at radius 3 is 2.94 bits per heavy atom. The third-order valence-electron chi connectivity index (χ3n) is 5.89. The van der Waals surface area contributed by atoms with E-state index in [1.54, 1.807) is 48.3 Å². The van der Waals surface area contributed by atoms with Gasteiger partial charge in [-0.3, -0.25) is 9.48 Å². The number of hydrazone groups is 1. The normalized spacial score (nSPS) is 20.2. The Kier molecular flexibility index (Phi) is 4.22. The van der Waals surface area contributed by atoms with Crippen LogP contribution in [0.1, 0.15) is 28.8 Å². The SMILES string of the molecule is CN1N=C(c2ccn(C)n2)OC1C(=O)N1CCc2[nH]cnc2[C@H]1c1cc2ccc(F)cn2n1. The topological polar surface area (TPSA) is 109 Å². The van der Waals surface area contributed by atoms with Crippen molar-refractivity contribution in [2.75, 3.05) is 13.6 Å². The van der Waals surface area contributed by atoms with Crippen molar-refractivity contribution < 1.29 is 13.9 Å². The lowest BCUT2D eigenvalue weighted by Crippen LogP contribution is -2.49. The summed E-state index contributed by atoms with van der Waals surface area (Å²) in [5, 5.41) is 14.7. The molecule has 1 N–H and O–H groups in total. The Morgan fingerprint density at radius 1 is 1.24 bits per heavy atom. The van der Waals surface area contributed by atoms with Crippen molar-refractivity contribution in [1.29, 1.82) is 0 Å². The van der Waals surface area contributed by atoms with Gasteiger partial charge in [0.2, 0.25) is 0 Å². The summed E-state index contributed by atoms with van der Waals surface area (Å²) < 4.78 is 22.8. The number of pyridine rings is 1. The van der Waals surface area contributed by atoms with E-state index in [0.717, 1.165) is 11.2 Å². The molecule has 4 aromatic rings. The van der Waals surface area contributed by atoms with E-state index < -0.39 is 18.1 Å². The quantitative estimate of drug-likeness (QED) is 0.501. The Labute approximate surface area is 187 Å². The van der Waals surface area contributed by atoms with Gasteiger partial charge in [-0.15, -0.1) is 5.10 Å². The maximum absolute atomic E-state index is 13.7. The van der Waals surface area contributed by atoms with Gasteiger partial charge in [0.25, 0.3) is 18.0 Å². The van der Waals surface area contributed by atoms with E-state index in [9.17, 15) is 9.18 Å². The first-order chi connectivity index (χ1) is 16.0. The molecule has 1 amide bonds. The molecule has 1 unspecified atom stereocenters. The van der Waals surface area contributed by atoms with Gasteiger partial charge in [0.1, 0.15) is 17.6 Å². The zero-order chi connectivity index (χ0) is 22.7. The van der Waals surface area contributed by atoms with Gasteiger partial charge in [-0.2, -0.15) is 10.2 Å². The van der Waals surface area contributed by atoms with Crippen molar-refractivity contribution >= 4 is 17.3 Å². The maximum Gasteiger partial charge on any atom is 0.287 e. The third kappa shape index (κ3) is 3.13. The minimum atomic E-state index is -0.945. The van der Waals surface area contributed by atoms with Crippen molar-refractivity contribution in [3.8, 4) is 0 Å². The number of likely N-dealkylation sites (N-methyl/N-ethyl adjacent to an activating group) is 1. The molecular weight excluding hydrogens is 429 g/mol. The van der Waals surface area contributed by atoms with E-state index in [-0.39, 0.29) is 11.8 Å². The molecule has 0 spiro atoms. The maximum atomic E-state index is 13.7. The fourth-order valence-corrected chi connectivity index (χ4v) is 4.32. The molecule has 0 saturated carbocycles. The smallest absolute Gasteiger partial charge is 0.287 e. The largest absolute Gasteiger partial charge is 0.440 e. The summed E-state index contributed by atoms with van der Waals surface area (Å²) in [7, 11) is 3.48. The summed E-state index contributed by atoms with van der Waals surface area (Å²) in [6, 6.07) is 6.08. The molecule has 168 valence electrons. The molecule has 12 heteroatoms. The lowest BCUT2D eigenvalue weighted by Gasteiger charge is -2.35. The number of hydrogen-bond acceptors (Lipinski definition) is 7. The average Bonchev–Trinajstić information content (AvgIpc) is 3.57. The first-order valence-electron chi connectivity index (χ1n) is 10.4. The minimum Gasteiger partial charge on any atom is -0.440 e. The predicted octanol–water partition coefficient (Wildman–Crippen LogP) is 1.05. The van der Waals surface area contributed by atoms with Gasteiger partial charge in [-0.05, 0) is 24.3 Å². The van der Waals surface area contributed by atoms with Crippen molar-refractivity contribution in [3.05, 3.63) is 71.6 Å². The number of nitrogens with one attached hydrogen (secondary N) is 1. The number of aromatic amines is 1. The summed E-state index contributed by atoms with van der Waals surface area (Å²) in [6.07, 6.45) is 4.37. The first kappa shape index (κ1) is 19.5. The number of amides is 1. The molecule has 33 heavy (non-hydrogen) atoms. The number of aromatic nitrogens is 6. The van der Waals surface area contributed by atoms with E-state index in [4.69, 9.17) is 4.74 Å². The second-order valence-corrected chi connectivity index (χ2v) is 8.06. The van der Waals surface area contributed by atoms with Crippen molar-refractivity contribution in [3.63, 3.8) is 0 Å². The van der Waals surface area contributed by atoms with Gasteiger partial charge in [-0.25, -0.2) is 18.9 Å². The summed E-state index contributed by atoms with van der Waals surface area (Å²) in [5.74, 6) is -0.378. The molecule has 6 heterocycles. The highest BCUT2D eigenvalue weighted by Crippen LogP contribution is 2.34. The van der Waals surface area contributed by atoms with E-state index >= 15 is 0 Å².